The number of rotatable bonds is 9. The number of esters is 1. The van der Waals surface area contributed by atoms with Crippen LogP contribution in [0.1, 0.15) is 22.8 Å². The van der Waals surface area contributed by atoms with Gasteiger partial charge in [0.15, 0.2) is 6.61 Å². The zero-order valence-electron chi connectivity index (χ0n) is 15.3. The number of carbonyl (C=O) groups excluding carboxylic acids is 2. The highest BCUT2D eigenvalue weighted by atomic mass is 79.9. The van der Waals surface area contributed by atoms with Crippen molar-refractivity contribution in [2.75, 3.05) is 31.7 Å². The Kier molecular flexibility index (Phi) is 8.29. The van der Waals surface area contributed by atoms with Crippen LogP contribution in [0.3, 0.4) is 0 Å². The first-order valence-corrected chi connectivity index (χ1v) is 9.32. The number of anilines is 1. The first-order valence-electron chi connectivity index (χ1n) is 8.53. The van der Waals surface area contributed by atoms with Crippen LogP contribution in [0.5, 0.6) is 5.75 Å². The van der Waals surface area contributed by atoms with Crippen LogP contribution in [0, 0.1) is 6.92 Å². The van der Waals surface area contributed by atoms with Crippen LogP contribution < -0.4 is 10.1 Å². The summed E-state index contributed by atoms with van der Waals surface area (Å²) in [5.74, 6) is -0.129. The Balaban J connectivity index is 1.81. The molecule has 0 bridgehead atoms. The highest BCUT2D eigenvalue weighted by Gasteiger charge is 2.09. The molecule has 27 heavy (non-hydrogen) atoms. The Morgan fingerprint density at radius 2 is 1.81 bits per heavy atom. The molecule has 0 aliphatic heterocycles. The van der Waals surface area contributed by atoms with E-state index in [1.165, 1.54) is 0 Å². The summed E-state index contributed by atoms with van der Waals surface area (Å²) in [5.41, 5.74) is 2.07. The number of amides is 1. The summed E-state index contributed by atoms with van der Waals surface area (Å²) in [7, 11) is 0. The summed E-state index contributed by atoms with van der Waals surface area (Å²) in [6.45, 7) is 4.88. The Morgan fingerprint density at radius 1 is 1.07 bits per heavy atom. The maximum absolute atomic E-state index is 12.0. The summed E-state index contributed by atoms with van der Waals surface area (Å²) < 4.78 is 16.5. The average Bonchev–Trinajstić information content (AvgIpc) is 2.65. The van der Waals surface area contributed by atoms with Gasteiger partial charge in [-0.2, -0.15) is 0 Å². The summed E-state index contributed by atoms with van der Waals surface area (Å²) in [4.78, 5) is 23.9. The van der Waals surface area contributed by atoms with E-state index in [2.05, 4.69) is 21.2 Å². The van der Waals surface area contributed by atoms with E-state index >= 15 is 0 Å². The number of halogens is 1. The van der Waals surface area contributed by atoms with Crippen molar-refractivity contribution in [2.24, 2.45) is 0 Å². The monoisotopic (exact) mass is 435 g/mol. The predicted molar refractivity (Wildman–Crippen MR) is 106 cm³/mol. The van der Waals surface area contributed by atoms with Crippen LogP contribution >= 0.6 is 15.9 Å². The Bertz CT molecular complexity index is 776. The van der Waals surface area contributed by atoms with Gasteiger partial charge in [-0.3, -0.25) is 4.79 Å². The summed E-state index contributed by atoms with van der Waals surface area (Å²) in [6, 6.07) is 12.1. The second-order valence-corrected chi connectivity index (χ2v) is 6.54. The van der Waals surface area contributed by atoms with Crippen LogP contribution in [0.15, 0.2) is 46.9 Å². The minimum Gasteiger partial charge on any atom is -0.483 e. The minimum atomic E-state index is -0.430. The summed E-state index contributed by atoms with van der Waals surface area (Å²) in [5, 5.41) is 2.72. The van der Waals surface area contributed by atoms with Gasteiger partial charge in [0.2, 0.25) is 0 Å². The molecular weight excluding hydrogens is 414 g/mol. The number of carbonyl (C=O) groups is 2. The molecule has 144 valence electrons. The van der Waals surface area contributed by atoms with E-state index in [-0.39, 0.29) is 19.1 Å². The van der Waals surface area contributed by atoms with Crippen molar-refractivity contribution in [3.05, 3.63) is 58.1 Å². The standard InChI is InChI=1S/C20H22BrNO5/c1-3-25-10-11-26-20(24)15-5-7-16(8-6-15)22-19(23)13-27-18-9-4-14(2)12-17(18)21/h4-9,12H,3,10-11,13H2,1-2H3,(H,22,23). The van der Waals surface area contributed by atoms with E-state index in [0.717, 1.165) is 10.0 Å². The predicted octanol–water partition coefficient (Wildman–Crippen LogP) is 3.97. The molecule has 0 saturated heterocycles. The number of aryl methyl sites for hydroxylation is 1. The Labute approximate surface area is 166 Å². The van der Waals surface area contributed by atoms with Gasteiger partial charge in [0.1, 0.15) is 12.4 Å². The normalized spacial score (nSPS) is 10.3. The highest BCUT2D eigenvalue weighted by molar-refractivity contribution is 9.10. The first-order chi connectivity index (χ1) is 13.0. The van der Waals surface area contributed by atoms with Crippen molar-refractivity contribution < 1.29 is 23.8 Å². The lowest BCUT2D eigenvalue weighted by Crippen LogP contribution is -2.20. The molecule has 0 fully saturated rings. The Morgan fingerprint density at radius 3 is 2.48 bits per heavy atom. The van der Waals surface area contributed by atoms with E-state index in [9.17, 15) is 9.59 Å². The van der Waals surface area contributed by atoms with Crippen molar-refractivity contribution in [1.29, 1.82) is 0 Å². The van der Waals surface area contributed by atoms with Crippen molar-refractivity contribution in [3.8, 4) is 5.75 Å². The third-order valence-corrected chi connectivity index (χ3v) is 4.14. The molecule has 2 aromatic rings. The molecule has 7 heteroatoms. The Hall–Kier alpha value is -2.38. The first kappa shape index (κ1) is 20.9. The molecule has 0 aliphatic rings. The van der Waals surface area contributed by atoms with E-state index in [0.29, 0.717) is 30.2 Å². The maximum atomic E-state index is 12.0. The molecule has 0 heterocycles. The molecule has 1 N–H and O–H groups in total. The zero-order valence-corrected chi connectivity index (χ0v) is 16.9. The number of hydrogen-bond acceptors (Lipinski definition) is 5. The van der Waals surface area contributed by atoms with Crippen LogP contribution in [-0.2, 0) is 14.3 Å². The highest BCUT2D eigenvalue weighted by Crippen LogP contribution is 2.25. The topological polar surface area (TPSA) is 73.9 Å². The van der Waals surface area contributed by atoms with E-state index in [4.69, 9.17) is 14.2 Å². The van der Waals surface area contributed by atoms with Gasteiger partial charge >= 0.3 is 5.97 Å². The fraction of sp³-hybridized carbons (Fsp3) is 0.300. The number of nitrogens with one attached hydrogen (secondary N) is 1. The van der Waals surface area contributed by atoms with Crippen LogP contribution in [-0.4, -0.2) is 38.3 Å². The van der Waals surface area contributed by atoms with Crippen molar-refractivity contribution in [3.63, 3.8) is 0 Å². The fourth-order valence-electron chi connectivity index (χ4n) is 2.17. The molecule has 0 unspecified atom stereocenters. The minimum absolute atomic E-state index is 0.122. The lowest BCUT2D eigenvalue weighted by Gasteiger charge is -2.10. The van der Waals surface area contributed by atoms with Crippen LogP contribution in [0.25, 0.3) is 0 Å². The van der Waals surface area contributed by atoms with Crippen molar-refractivity contribution >= 4 is 33.5 Å². The largest absolute Gasteiger partial charge is 0.483 e. The summed E-state index contributed by atoms with van der Waals surface area (Å²) in [6.07, 6.45) is 0. The van der Waals surface area contributed by atoms with E-state index in [1.807, 2.05) is 26.0 Å². The number of hydrogen-bond donors (Lipinski definition) is 1. The summed E-state index contributed by atoms with van der Waals surface area (Å²) >= 11 is 3.40. The van der Waals surface area contributed by atoms with Crippen molar-refractivity contribution in [1.82, 2.24) is 0 Å². The molecule has 0 atom stereocenters. The van der Waals surface area contributed by atoms with Gasteiger partial charge in [0, 0.05) is 12.3 Å². The van der Waals surface area contributed by atoms with Gasteiger partial charge in [-0.05, 0) is 71.7 Å². The van der Waals surface area contributed by atoms with Gasteiger partial charge in [0.25, 0.3) is 5.91 Å². The van der Waals surface area contributed by atoms with Gasteiger partial charge in [-0.1, -0.05) is 6.07 Å². The zero-order chi connectivity index (χ0) is 19.6. The molecule has 0 radical (unpaired) electrons. The molecule has 2 rings (SSSR count). The molecule has 0 aromatic heterocycles. The van der Waals surface area contributed by atoms with Gasteiger partial charge < -0.3 is 19.5 Å². The maximum Gasteiger partial charge on any atom is 0.338 e. The molecular formula is C20H22BrNO5. The lowest BCUT2D eigenvalue weighted by atomic mass is 10.2. The average molecular weight is 436 g/mol. The SMILES string of the molecule is CCOCCOC(=O)c1ccc(NC(=O)COc2ccc(C)cc2Br)cc1. The quantitative estimate of drug-likeness (QED) is 0.476. The third-order valence-electron chi connectivity index (χ3n) is 3.52. The molecule has 0 aliphatic carbocycles. The molecule has 0 spiro atoms. The number of ether oxygens (including phenoxy) is 3. The molecule has 6 nitrogen and oxygen atoms in total. The molecule has 1 amide bonds. The smallest absolute Gasteiger partial charge is 0.338 e. The van der Waals surface area contributed by atoms with E-state index in [1.54, 1.807) is 30.3 Å². The lowest BCUT2D eigenvalue weighted by molar-refractivity contribution is -0.118. The van der Waals surface area contributed by atoms with Gasteiger partial charge in [0.05, 0.1) is 16.6 Å². The van der Waals surface area contributed by atoms with Crippen LogP contribution in [0.4, 0.5) is 5.69 Å². The van der Waals surface area contributed by atoms with Gasteiger partial charge in [-0.15, -0.1) is 0 Å². The molecule has 2 aromatic carbocycles. The van der Waals surface area contributed by atoms with Crippen LogP contribution in [0.2, 0.25) is 0 Å². The molecule has 0 saturated carbocycles. The third kappa shape index (κ3) is 7.03. The van der Waals surface area contributed by atoms with Gasteiger partial charge in [-0.25, -0.2) is 4.79 Å². The fourth-order valence-corrected chi connectivity index (χ4v) is 2.78. The second kappa shape index (κ2) is 10.7. The van der Waals surface area contributed by atoms with E-state index < -0.39 is 5.97 Å². The second-order valence-electron chi connectivity index (χ2n) is 5.68. The number of benzene rings is 2. The van der Waals surface area contributed by atoms with Crippen molar-refractivity contribution in [2.45, 2.75) is 13.8 Å².